The molecule has 0 unspecified atom stereocenters. The molecule has 1 aliphatic rings. The minimum Gasteiger partial charge on any atom is -0.352 e. The highest BCUT2D eigenvalue weighted by Crippen LogP contribution is 2.02. The minimum absolute atomic E-state index is 0. The standard InChI is InChI=1S/C11H16N4.HI/c1-9-5-10(7-12-6-9)8-14-11-13-3-4-15(11)2;/h5-7H,3-4,8H2,1-2H3,(H,13,14);1H. The summed E-state index contributed by atoms with van der Waals surface area (Å²) >= 11 is 0. The van der Waals surface area contributed by atoms with Crippen LogP contribution in [0.5, 0.6) is 0 Å². The lowest BCUT2D eigenvalue weighted by Gasteiger charge is -2.15. The van der Waals surface area contributed by atoms with Crippen LogP contribution in [0, 0.1) is 6.92 Å². The largest absolute Gasteiger partial charge is 0.352 e. The second kappa shape index (κ2) is 6.03. The smallest absolute Gasteiger partial charge is 0.194 e. The molecule has 0 atom stereocenters. The fourth-order valence-electron chi connectivity index (χ4n) is 1.62. The molecular formula is C11H17IN4. The normalized spacial score (nSPS) is 14.4. The van der Waals surface area contributed by atoms with Gasteiger partial charge < -0.3 is 10.2 Å². The van der Waals surface area contributed by atoms with E-state index in [0.717, 1.165) is 25.6 Å². The molecule has 1 aliphatic heterocycles. The van der Waals surface area contributed by atoms with Crippen LogP contribution in [0.3, 0.4) is 0 Å². The van der Waals surface area contributed by atoms with E-state index in [1.165, 1.54) is 11.1 Å². The van der Waals surface area contributed by atoms with Crippen molar-refractivity contribution in [2.45, 2.75) is 13.5 Å². The number of aryl methyl sites for hydroxylation is 1. The summed E-state index contributed by atoms with van der Waals surface area (Å²) < 4.78 is 0. The van der Waals surface area contributed by atoms with Crippen LogP contribution < -0.4 is 5.32 Å². The average Bonchev–Trinajstić information content (AvgIpc) is 2.61. The maximum Gasteiger partial charge on any atom is 0.194 e. The van der Waals surface area contributed by atoms with E-state index in [1.807, 2.05) is 19.4 Å². The number of likely N-dealkylation sites (N-methyl/N-ethyl adjacent to an activating group) is 1. The Kier molecular flexibility index (Phi) is 4.98. The van der Waals surface area contributed by atoms with Gasteiger partial charge in [-0.25, -0.2) is 0 Å². The predicted molar refractivity (Wildman–Crippen MR) is 76.2 cm³/mol. The van der Waals surface area contributed by atoms with Gasteiger partial charge in [0.1, 0.15) is 0 Å². The number of rotatable bonds is 2. The predicted octanol–water partition coefficient (Wildman–Crippen LogP) is 1.40. The van der Waals surface area contributed by atoms with Gasteiger partial charge in [0, 0.05) is 32.5 Å². The van der Waals surface area contributed by atoms with Gasteiger partial charge in [-0.05, 0) is 18.1 Å². The van der Waals surface area contributed by atoms with Crippen LogP contribution >= 0.6 is 24.0 Å². The summed E-state index contributed by atoms with van der Waals surface area (Å²) in [6.45, 7) is 4.74. The first-order chi connectivity index (χ1) is 7.25. The third-order valence-corrected chi connectivity index (χ3v) is 2.44. The molecule has 1 aromatic rings. The summed E-state index contributed by atoms with van der Waals surface area (Å²) in [7, 11) is 2.05. The second-order valence-corrected chi connectivity index (χ2v) is 3.85. The highest BCUT2D eigenvalue weighted by Gasteiger charge is 2.10. The number of aliphatic imine (C=N–C) groups is 1. The molecule has 0 amide bonds. The van der Waals surface area contributed by atoms with Gasteiger partial charge in [-0.1, -0.05) is 6.07 Å². The van der Waals surface area contributed by atoms with E-state index in [1.54, 1.807) is 0 Å². The van der Waals surface area contributed by atoms with E-state index in [-0.39, 0.29) is 24.0 Å². The van der Waals surface area contributed by atoms with Crippen molar-refractivity contribution in [1.29, 1.82) is 0 Å². The Morgan fingerprint density at radius 3 is 2.88 bits per heavy atom. The lowest BCUT2D eigenvalue weighted by atomic mass is 10.2. The number of pyridine rings is 1. The zero-order valence-corrected chi connectivity index (χ0v) is 11.9. The number of aromatic nitrogens is 1. The van der Waals surface area contributed by atoms with Crippen LogP contribution in [0.2, 0.25) is 0 Å². The Balaban J connectivity index is 0.00000128. The zero-order chi connectivity index (χ0) is 10.7. The zero-order valence-electron chi connectivity index (χ0n) is 9.60. The third-order valence-electron chi connectivity index (χ3n) is 2.44. The van der Waals surface area contributed by atoms with E-state index in [4.69, 9.17) is 0 Å². The first-order valence-electron chi connectivity index (χ1n) is 5.16. The molecule has 1 N–H and O–H groups in total. The van der Waals surface area contributed by atoms with E-state index >= 15 is 0 Å². The van der Waals surface area contributed by atoms with Gasteiger partial charge in [-0.3, -0.25) is 9.98 Å². The lowest BCUT2D eigenvalue weighted by Crippen LogP contribution is -2.35. The molecule has 4 nitrogen and oxygen atoms in total. The van der Waals surface area contributed by atoms with Gasteiger partial charge in [-0.2, -0.15) is 0 Å². The topological polar surface area (TPSA) is 40.5 Å². The van der Waals surface area contributed by atoms with Crippen molar-refractivity contribution in [3.05, 3.63) is 29.6 Å². The highest BCUT2D eigenvalue weighted by atomic mass is 127. The van der Waals surface area contributed by atoms with Gasteiger partial charge >= 0.3 is 0 Å². The fourth-order valence-corrected chi connectivity index (χ4v) is 1.62. The summed E-state index contributed by atoms with van der Waals surface area (Å²) in [5, 5.41) is 3.31. The van der Waals surface area contributed by atoms with Crippen molar-refractivity contribution in [3.8, 4) is 0 Å². The minimum atomic E-state index is 0. The van der Waals surface area contributed by atoms with E-state index in [0.29, 0.717) is 0 Å². The molecule has 0 spiro atoms. The molecule has 5 heteroatoms. The molecule has 1 aromatic heterocycles. The summed E-state index contributed by atoms with van der Waals surface area (Å²) in [6, 6.07) is 2.13. The quantitative estimate of drug-likeness (QED) is 0.833. The Morgan fingerprint density at radius 1 is 1.44 bits per heavy atom. The number of halogens is 1. The number of guanidine groups is 1. The SMILES string of the molecule is Cc1cncc(CNC2=NCCN2C)c1.I. The Hall–Kier alpha value is -0.850. The molecule has 2 rings (SSSR count). The average molecular weight is 332 g/mol. The fraction of sp³-hybridized carbons (Fsp3) is 0.455. The van der Waals surface area contributed by atoms with Crippen molar-refractivity contribution in [3.63, 3.8) is 0 Å². The summed E-state index contributed by atoms with van der Waals surface area (Å²) in [4.78, 5) is 10.6. The highest BCUT2D eigenvalue weighted by molar-refractivity contribution is 14.0. The van der Waals surface area contributed by atoms with Gasteiger partial charge in [-0.15, -0.1) is 24.0 Å². The van der Waals surface area contributed by atoms with E-state index < -0.39 is 0 Å². The van der Waals surface area contributed by atoms with E-state index in [9.17, 15) is 0 Å². The van der Waals surface area contributed by atoms with Crippen molar-refractivity contribution >= 4 is 29.9 Å². The van der Waals surface area contributed by atoms with Crippen LogP contribution in [-0.4, -0.2) is 36.0 Å². The second-order valence-electron chi connectivity index (χ2n) is 3.85. The summed E-state index contributed by atoms with van der Waals surface area (Å²) in [6.07, 6.45) is 3.75. The summed E-state index contributed by atoms with van der Waals surface area (Å²) in [5.74, 6) is 0.983. The van der Waals surface area contributed by atoms with Gasteiger partial charge in [0.15, 0.2) is 5.96 Å². The Bertz CT molecular complexity index is 378. The first kappa shape index (κ1) is 13.2. The van der Waals surface area contributed by atoms with Crippen molar-refractivity contribution in [1.82, 2.24) is 15.2 Å². The molecule has 0 saturated carbocycles. The van der Waals surface area contributed by atoms with Gasteiger partial charge in [0.05, 0.1) is 6.54 Å². The lowest BCUT2D eigenvalue weighted by molar-refractivity contribution is 0.534. The molecule has 0 fully saturated rings. The number of hydrogen-bond donors (Lipinski definition) is 1. The maximum atomic E-state index is 4.37. The molecule has 0 bridgehead atoms. The Morgan fingerprint density at radius 2 is 2.25 bits per heavy atom. The van der Waals surface area contributed by atoms with Crippen LogP contribution in [0.15, 0.2) is 23.5 Å². The maximum absolute atomic E-state index is 4.37. The van der Waals surface area contributed by atoms with E-state index in [2.05, 4.69) is 33.2 Å². The first-order valence-corrected chi connectivity index (χ1v) is 5.16. The molecule has 88 valence electrons. The molecule has 0 saturated heterocycles. The molecule has 0 radical (unpaired) electrons. The van der Waals surface area contributed by atoms with Crippen molar-refractivity contribution in [2.24, 2.45) is 4.99 Å². The van der Waals surface area contributed by atoms with Crippen LogP contribution in [0.1, 0.15) is 11.1 Å². The third kappa shape index (κ3) is 3.33. The van der Waals surface area contributed by atoms with Crippen LogP contribution in [0.4, 0.5) is 0 Å². The monoisotopic (exact) mass is 332 g/mol. The van der Waals surface area contributed by atoms with Gasteiger partial charge in [0.25, 0.3) is 0 Å². The van der Waals surface area contributed by atoms with Crippen LogP contribution in [0.25, 0.3) is 0 Å². The van der Waals surface area contributed by atoms with Crippen molar-refractivity contribution < 1.29 is 0 Å². The van der Waals surface area contributed by atoms with Gasteiger partial charge in [0.2, 0.25) is 0 Å². The number of nitrogens with zero attached hydrogens (tertiary/aromatic N) is 3. The summed E-state index contributed by atoms with van der Waals surface area (Å²) in [5.41, 5.74) is 2.38. The molecule has 2 heterocycles. The van der Waals surface area contributed by atoms with Crippen LogP contribution in [-0.2, 0) is 6.54 Å². The molecular weight excluding hydrogens is 315 g/mol. The molecule has 0 aromatic carbocycles. The molecule has 0 aliphatic carbocycles. The molecule has 16 heavy (non-hydrogen) atoms. The number of hydrogen-bond acceptors (Lipinski definition) is 4. The number of nitrogens with one attached hydrogen (secondary N) is 1. The van der Waals surface area contributed by atoms with Crippen molar-refractivity contribution in [2.75, 3.05) is 20.1 Å². The Labute approximate surface area is 113 Å².